The number of carbonyl (C=O) groups excluding carboxylic acids is 1. The number of carbonyl (C=O) groups is 2. The molecule has 0 atom stereocenters. The van der Waals surface area contributed by atoms with Crippen molar-refractivity contribution >= 4 is 29.2 Å². The SMILES string of the molecule is CC(C)Cc1ccccc1C(=O)Nc1ccc(Cl)cc1OCc1ccc(C(=O)O)cc1. The van der Waals surface area contributed by atoms with Gasteiger partial charge in [0.2, 0.25) is 0 Å². The molecule has 3 aromatic carbocycles. The van der Waals surface area contributed by atoms with Gasteiger partial charge < -0.3 is 15.2 Å². The summed E-state index contributed by atoms with van der Waals surface area (Å²) in [5.74, 6) is -0.334. The van der Waals surface area contributed by atoms with E-state index in [1.807, 2.05) is 24.3 Å². The average molecular weight is 438 g/mol. The smallest absolute Gasteiger partial charge is 0.335 e. The Morgan fingerprint density at radius 3 is 2.42 bits per heavy atom. The zero-order valence-corrected chi connectivity index (χ0v) is 18.1. The number of carboxylic acid groups (broad SMARTS) is 1. The number of hydrogen-bond acceptors (Lipinski definition) is 3. The average Bonchev–Trinajstić information content (AvgIpc) is 2.74. The number of anilines is 1. The molecule has 0 unspecified atom stereocenters. The van der Waals surface area contributed by atoms with Gasteiger partial charge in [0.05, 0.1) is 11.3 Å². The zero-order valence-electron chi connectivity index (χ0n) is 17.4. The summed E-state index contributed by atoms with van der Waals surface area (Å²) < 4.78 is 5.89. The summed E-state index contributed by atoms with van der Waals surface area (Å²) in [5, 5.41) is 12.4. The number of hydrogen-bond donors (Lipinski definition) is 2. The van der Waals surface area contributed by atoms with Crippen molar-refractivity contribution in [3.63, 3.8) is 0 Å². The highest BCUT2D eigenvalue weighted by molar-refractivity contribution is 6.30. The van der Waals surface area contributed by atoms with Gasteiger partial charge in [-0.05, 0) is 53.8 Å². The van der Waals surface area contributed by atoms with Crippen LogP contribution >= 0.6 is 11.6 Å². The summed E-state index contributed by atoms with van der Waals surface area (Å²) in [7, 11) is 0. The fourth-order valence-electron chi connectivity index (χ4n) is 3.17. The van der Waals surface area contributed by atoms with Crippen molar-refractivity contribution in [1.82, 2.24) is 0 Å². The number of nitrogens with one attached hydrogen (secondary N) is 1. The maximum Gasteiger partial charge on any atom is 0.335 e. The molecule has 6 heteroatoms. The summed E-state index contributed by atoms with van der Waals surface area (Å²) in [6.07, 6.45) is 0.805. The normalized spacial score (nSPS) is 10.7. The van der Waals surface area contributed by atoms with Gasteiger partial charge in [0.1, 0.15) is 12.4 Å². The molecule has 0 spiro atoms. The second kappa shape index (κ2) is 10.1. The molecular weight excluding hydrogens is 414 g/mol. The number of aromatic carboxylic acids is 1. The molecule has 3 rings (SSSR count). The Bertz CT molecular complexity index is 1080. The second-order valence-corrected chi connectivity index (χ2v) is 8.08. The van der Waals surface area contributed by atoms with Crippen LogP contribution in [-0.4, -0.2) is 17.0 Å². The number of ether oxygens (including phenoxy) is 1. The molecule has 160 valence electrons. The fourth-order valence-corrected chi connectivity index (χ4v) is 3.33. The highest BCUT2D eigenvalue weighted by atomic mass is 35.5. The molecule has 0 fully saturated rings. The molecular formula is C25H24ClNO4. The first-order valence-electron chi connectivity index (χ1n) is 9.97. The lowest BCUT2D eigenvalue weighted by atomic mass is 9.97. The lowest BCUT2D eigenvalue weighted by Crippen LogP contribution is -2.16. The first-order valence-corrected chi connectivity index (χ1v) is 10.3. The van der Waals surface area contributed by atoms with E-state index >= 15 is 0 Å². The van der Waals surface area contributed by atoms with Gasteiger partial charge in [-0.1, -0.05) is 55.8 Å². The van der Waals surface area contributed by atoms with Crippen LogP contribution in [0.1, 0.15) is 45.7 Å². The van der Waals surface area contributed by atoms with E-state index in [1.54, 1.807) is 30.3 Å². The van der Waals surface area contributed by atoms with Crippen LogP contribution in [0.2, 0.25) is 5.02 Å². The monoisotopic (exact) mass is 437 g/mol. The molecule has 0 aliphatic carbocycles. The molecule has 5 nitrogen and oxygen atoms in total. The lowest BCUT2D eigenvalue weighted by molar-refractivity contribution is 0.0696. The largest absolute Gasteiger partial charge is 0.487 e. The molecule has 0 bridgehead atoms. The number of rotatable bonds is 8. The summed E-state index contributed by atoms with van der Waals surface area (Å²) in [5.41, 5.74) is 3.13. The molecule has 31 heavy (non-hydrogen) atoms. The van der Waals surface area contributed by atoms with Gasteiger partial charge in [-0.15, -0.1) is 0 Å². The third kappa shape index (κ3) is 6.09. The third-order valence-corrected chi connectivity index (χ3v) is 4.91. The maximum absolute atomic E-state index is 13.0. The van der Waals surface area contributed by atoms with E-state index in [4.69, 9.17) is 21.4 Å². The topological polar surface area (TPSA) is 75.6 Å². The minimum Gasteiger partial charge on any atom is -0.487 e. The maximum atomic E-state index is 13.0. The van der Waals surface area contributed by atoms with Gasteiger partial charge in [-0.25, -0.2) is 4.79 Å². The van der Waals surface area contributed by atoms with Gasteiger partial charge in [0, 0.05) is 16.7 Å². The summed E-state index contributed by atoms with van der Waals surface area (Å²) in [6.45, 7) is 4.43. The Labute approximate surface area is 186 Å². The Morgan fingerprint density at radius 1 is 1.03 bits per heavy atom. The van der Waals surface area contributed by atoms with E-state index in [2.05, 4.69) is 19.2 Å². The standard InChI is InChI=1S/C25H24ClNO4/c1-16(2)13-19-5-3-4-6-21(19)24(28)27-22-12-11-20(26)14-23(22)31-15-17-7-9-18(10-8-17)25(29)30/h3-12,14,16H,13,15H2,1-2H3,(H,27,28)(H,29,30). The van der Waals surface area contributed by atoms with Crippen LogP contribution < -0.4 is 10.1 Å². The van der Waals surface area contributed by atoms with Gasteiger partial charge in [-0.2, -0.15) is 0 Å². The Hall–Kier alpha value is -3.31. The van der Waals surface area contributed by atoms with E-state index in [0.29, 0.717) is 27.9 Å². The van der Waals surface area contributed by atoms with Crippen LogP contribution in [0.15, 0.2) is 66.7 Å². The molecule has 0 heterocycles. The van der Waals surface area contributed by atoms with Crippen molar-refractivity contribution in [3.8, 4) is 5.75 Å². The van der Waals surface area contributed by atoms with Crippen LogP contribution in [0.5, 0.6) is 5.75 Å². The highest BCUT2D eigenvalue weighted by Gasteiger charge is 2.15. The molecule has 0 saturated heterocycles. The van der Waals surface area contributed by atoms with Crippen LogP contribution in [0.4, 0.5) is 5.69 Å². The first kappa shape index (κ1) is 22.4. The van der Waals surface area contributed by atoms with Crippen molar-refractivity contribution in [1.29, 1.82) is 0 Å². The molecule has 0 saturated carbocycles. The Morgan fingerprint density at radius 2 is 1.74 bits per heavy atom. The fraction of sp³-hybridized carbons (Fsp3) is 0.200. The highest BCUT2D eigenvalue weighted by Crippen LogP contribution is 2.30. The molecule has 0 radical (unpaired) electrons. The third-order valence-electron chi connectivity index (χ3n) is 4.68. The number of halogens is 1. The van der Waals surface area contributed by atoms with Crippen molar-refractivity contribution < 1.29 is 19.4 Å². The molecule has 3 aromatic rings. The van der Waals surface area contributed by atoms with Gasteiger partial charge in [0.25, 0.3) is 5.91 Å². The Balaban J connectivity index is 1.77. The lowest BCUT2D eigenvalue weighted by Gasteiger charge is -2.15. The Kier molecular flexibility index (Phi) is 7.32. The zero-order chi connectivity index (χ0) is 22.4. The van der Waals surface area contributed by atoms with E-state index in [-0.39, 0.29) is 18.1 Å². The molecule has 1 amide bonds. The van der Waals surface area contributed by atoms with E-state index in [9.17, 15) is 9.59 Å². The van der Waals surface area contributed by atoms with E-state index in [1.165, 1.54) is 12.1 Å². The van der Waals surface area contributed by atoms with Gasteiger partial charge in [-0.3, -0.25) is 4.79 Å². The van der Waals surface area contributed by atoms with Crippen molar-refractivity contribution in [2.24, 2.45) is 5.92 Å². The summed E-state index contributed by atoms with van der Waals surface area (Å²) in [6, 6.07) is 19.0. The summed E-state index contributed by atoms with van der Waals surface area (Å²) >= 11 is 6.13. The van der Waals surface area contributed by atoms with E-state index in [0.717, 1.165) is 17.5 Å². The van der Waals surface area contributed by atoms with Crippen molar-refractivity contribution in [2.45, 2.75) is 26.9 Å². The second-order valence-electron chi connectivity index (χ2n) is 7.64. The predicted octanol–water partition coefficient (Wildman–Crippen LogP) is 6.07. The molecule has 2 N–H and O–H groups in total. The minimum absolute atomic E-state index is 0.201. The quantitative estimate of drug-likeness (QED) is 0.448. The molecule has 0 aliphatic rings. The van der Waals surface area contributed by atoms with Gasteiger partial charge in [0.15, 0.2) is 0 Å². The molecule has 0 aromatic heterocycles. The van der Waals surface area contributed by atoms with Crippen LogP contribution in [0.25, 0.3) is 0 Å². The van der Waals surface area contributed by atoms with Crippen molar-refractivity contribution in [2.75, 3.05) is 5.32 Å². The van der Waals surface area contributed by atoms with Crippen LogP contribution in [-0.2, 0) is 13.0 Å². The molecule has 0 aliphatic heterocycles. The van der Waals surface area contributed by atoms with E-state index < -0.39 is 5.97 Å². The van der Waals surface area contributed by atoms with Crippen LogP contribution in [0.3, 0.4) is 0 Å². The number of benzene rings is 3. The van der Waals surface area contributed by atoms with Gasteiger partial charge >= 0.3 is 5.97 Å². The first-order chi connectivity index (χ1) is 14.8. The minimum atomic E-state index is -0.981. The summed E-state index contributed by atoms with van der Waals surface area (Å²) in [4.78, 5) is 24.0. The van der Waals surface area contributed by atoms with Crippen molar-refractivity contribution in [3.05, 3.63) is 94.0 Å². The number of amides is 1. The number of carboxylic acids is 1. The van der Waals surface area contributed by atoms with Crippen LogP contribution in [0, 0.1) is 5.92 Å². The predicted molar refractivity (Wildman–Crippen MR) is 122 cm³/mol.